The molecule has 2 aliphatic rings. The second-order valence-corrected chi connectivity index (χ2v) is 6.62. The van der Waals surface area contributed by atoms with E-state index in [0.29, 0.717) is 12.1 Å². The molecule has 1 aliphatic heterocycles. The van der Waals surface area contributed by atoms with Crippen LogP contribution >= 0.6 is 0 Å². The fourth-order valence-electron chi connectivity index (χ4n) is 3.05. The molecular formula is C16H32N2O. The Bertz CT molecular complexity index is 253. The standard InChI is InChI=1S/C16H32N2O/c1-4-10-19-15-6-5-9-18(12-15)16(13(2)3)11-17-14-7-8-14/h13-17H,4-12H2,1-3H3. The molecule has 0 radical (unpaired) electrons. The monoisotopic (exact) mass is 268 g/mol. The molecule has 112 valence electrons. The molecule has 1 saturated carbocycles. The van der Waals surface area contributed by atoms with Gasteiger partial charge < -0.3 is 10.1 Å². The molecule has 2 rings (SSSR count). The Morgan fingerprint density at radius 2 is 2.05 bits per heavy atom. The molecule has 1 saturated heterocycles. The Morgan fingerprint density at radius 1 is 1.26 bits per heavy atom. The predicted molar refractivity (Wildman–Crippen MR) is 80.5 cm³/mol. The Morgan fingerprint density at radius 3 is 2.68 bits per heavy atom. The van der Waals surface area contributed by atoms with Gasteiger partial charge in [-0.25, -0.2) is 0 Å². The van der Waals surface area contributed by atoms with Crippen LogP contribution in [0.3, 0.4) is 0 Å². The van der Waals surface area contributed by atoms with Gasteiger partial charge in [0, 0.05) is 31.8 Å². The average Bonchev–Trinajstić information content (AvgIpc) is 3.21. The summed E-state index contributed by atoms with van der Waals surface area (Å²) < 4.78 is 5.97. The summed E-state index contributed by atoms with van der Waals surface area (Å²) in [6.07, 6.45) is 6.90. The molecule has 3 nitrogen and oxygen atoms in total. The van der Waals surface area contributed by atoms with Crippen LogP contribution in [0.1, 0.15) is 52.9 Å². The number of likely N-dealkylation sites (tertiary alicyclic amines) is 1. The summed E-state index contributed by atoms with van der Waals surface area (Å²) >= 11 is 0. The van der Waals surface area contributed by atoms with E-state index in [-0.39, 0.29) is 0 Å². The summed E-state index contributed by atoms with van der Waals surface area (Å²) in [4.78, 5) is 2.67. The zero-order chi connectivity index (χ0) is 13.7. The van der Waals surface area contributed by atoms with Crippen molar-refractivity contribution in [3.05, 3.63) is 0 Å². The van der Waals surface area contributed by atoms with Crippen molar-refractivity contribution < 1.29 is 4.74 Å². The quantitative estimate of drug-likeness (QED) is 0.732. The highest BCUT2D eigenvalue weighted by molar-refractivity contribution is 4.87. The van der Waals surface area contributed by atoms with Crippen LogP contribution in [0.25, 0.3) is 0 Å². The molecule has 0 aromatic heterocycles. The third kappa shape index (κ3) is 5.05. The first-order valence-electron chi connectivity index (χ1n) is 8.29. The first-order chi connectivity index (χ1) is 9.20. The van der Waals surface area contributed by atoms with Crippen LogP contribution in [0.5, 0.6) is 0 Å². The number of nitrogens with zero attached hydrogens (tertiary/aromatic N) is 1. The van der Waals surface area contributed by atoms with Crippen LogP contribution in [0, 0.1) is 5.92 Å². The van der Waals surface area contributed by atoms with Crippen molar-refractivity contribution in [3.8, 4) is 0 Å². The van der Waals surface area contributed by atoms with Gasteiger partial charge in [-0.15, -0.1) is 0 Å². The minimum absolute atomic E-state index is 0.468. The highest BCUT2D eigenvalue weighted by Crippen LogP contribution is 2.22. The summed E-state index contributed by atoms with van der Waals surface area (Å²) in [5, 5.41) is 3.71. The molecule has 2 unspecified atom stereocenters. The molecule has 3 heteroatoms. The van der Waals surface area contributed by atoms with Crippen molar-refractivity contribution in [1.29, 1.82) is 0 Å². The lowest BCUT2D eigenvalue weighted by molar-refractivity contribution is -0.0185. The molecule has 1 aliphatic carbocycles. The summed E-state index contributed by atoms with van der Waals surface area (Å²) in [7, 11) is 0. The summed E-state index contributed by atoms with van der Waals surface area (Å²) in [5.74, 6) is 0.719. The van der Waals surface area contributed by atoms with E-state index in [1.54, 1.807) is 0 Å². The zero-order valence-corrected chi connectivity index (χ0v) is 13.0. The fourth-order valence-corrected chi connectivity index (χ4v) is 3.05. The van der Waals surface area contributed by atoms with Gasteiger partial charge in [-0.3, -0.25) is 4.90 Å². The van der Waals surface area contributed by atoms with E-state index in [0.717, 1.165) is 38.1 Å². The number of ether oxygens (including phenoxy) is 1. The SMILES string of the molecule is CCCOC1CCCN(C(CNC2CC2)C(C)C)C1. The van der Waals surface area contributed by atoms with Crippen molar-refractivity contribution in [2.24, 2.45) is 5.92 Å². The number of nitrogens with one attached hydrogen (secondary N) is 1. The first kappa shape index (κ1) is 15.3. The van der Waals surface area contributed by atoms with Gasteiger partial charge in [-0.1, -0.05) is 20.8 Å². The van der Waals surface area contributed by atoms with Gasteiger partial charge in [0.25, 0.3) is 0 Å². The van der Waals surface area contributed by atoms with E-state index in [9.17, 15) is 0 Å². The van der Waals surface area contributed by atoms with Gasteiger partial charge in [-0.05, 0) is 44.6 Å². The van der Waals surface area contributed by atoms with Crippen molar-refractivity contribution >= 4 is 0 Å². The van der Waals surface area contributed by atoms with Crippen molar-refractivity contribution in [1.82, 2.24) is 10.2 Å². The minimum Gasteiger partial charge on any atom is -0.377 e. The maximum atomic E-state index is 5.97. The molecule has 2 fully saturated rings. The first-order valence-corrected chi connectivity index (χ1v) is 8.29. The summed E-state index contributed by atoms with van der Waals surface area (Å²) in [5.41, 5.74) is 0. The van der Waals surface area contributed by atoms with Gasteiger partial charge in [-0.2, -0.15) is 0 Å². The minimum atomic E-state index is 0.468. The number of piperidine rings is 1. The van der Waals surface area contributed by atoms with Crippen LogP contribution in [0.15, 0.2) is 0 Å². The third-order valence-corrected chi connectivity index (χ3v) is 4.40. The van der Waals surface area contributed by atoms with Crippen LogP contribution in [-0.2, 0) is 4.74 Å². The predicted octanol–water partition coefficient (Wildman–Crippen LogP) is 2.65. The van der Waals surface area contributed by atoms with Crippen LogP contribution in [0.4, 0.5) is 0 Å². The van der Waals surface area contributed by atoms with E-state index in [1.807, 2.05) is 0 Å². The van der Waals surface area contributed by atoms with E-state index < -0.39 is 0 Å². The largest absolute Gasteiger partial charge is 0.377 e. The molecule has 0 aromatic rings. The molecular weight excluding hydrogens is 236 g/mol. The lowest BCUT2D eigenvalue weighted by atomic mass is 9.98. The van der Waals surface area contributed by atoms with Gasteiger partial charge in [0.15, 0.2) is 0 Å². The van der Waals surface area contributed by atoms with Crippen molar-refractivity contribution in [2.75, 3.05) is 26.2 Å². The van der Waals surface area contributed by atoms with Crippen LogP contribution in [0.2, 0.25) is 0 Å². The van der Waals surface area contributed by atoms with Crippen molar-refractivity contribution in [2.45, 2.75) is 71.1 Å². The van der Waals surface area contributed by atoms with Gasteiger partial charge in [0.05, 0.1) is 6.10 Å². The maximum absolute atomic E-state index is 5.97. The Labute approximate surface area is 119 Å². The van der Waals surface area contributed by atoms with Crippen LogP contribution < -0.4 is 5.32 Å². The number of hydrogen-bond acceptors (Lipinski definition) is 3. The summed E-state index contributed by atoms with van der Waals surface area (Å²) in [6, 6.07) is 1.49. The lowest BCUT2D eigenvalue weighted by Gasteiger charge is -2.40. The van der Waals surface area contributed by atoms with E-state index in [4.69, 9.17) is 4.74 Å². The normalized spacial score (nSPS) is 26.8. The van der Waals surface area contributed by atoms with E-state index in [2.05, 4.69) is 31.0 Å². The maximum Gasteiger partial charge on any atom is 0.0702 e. The second kappa shape index (κ2) is 7.61. The van der Waals surface area contributed by atoms with Crippen LogP contribution in [-0.4, -0.2) is 49.3 Å². The molecule has 0 aromatic carbocycles. The Kier molecular flexibility index (Phi) is 6.11. The highest BCUT2D eigenvalue weighted by atomic mass is 16.5. The Hall–Kier alpha value is -0.120. The fraction of sp³-hybridized carbons (Fsp3) is 1.00. The molecule has 0 amide bonds. The third-order valence-electron chi connectivity index (χ3n) is 4.40. The average molecular weight is 268 g/mol. The molecule has 0 bridgehead atoms. The van der Waals surface area contributed by atoms with Gasteiger partial charge >= 0.3 is 0 Å². The zero-order valence-electron chi connectivity index (χ0n) is 13.0. The highest BCUT2D eigenvalue weighted by Gasteiger charge is 2.29. The second-order valence-electron chi connectivity index (χ2n) is 6.62. The van der Waals surface area contributed by atoms with Gasteiger partial charge in [0.1, 0.15) is 0 Å². The topological polar surface area (TPSA) is 24.5 Å². The lowest BCUT2D eigenvalue weighted by Crippen LogP contribution is -2.51. The van der Waals surface area contributed by atoms with Crippen molar-refractivity contribution in [3.63, 3.8) is 0 Å². The molecule has 0 spiro atoms. The van der Waals surface area contributed by atoms with Gasteiger partial charge in [0.2, 0.25) is 0 Å². The number of hydrogen-bond donors (Lipinski definition) is 1. The molecule has 19 heavy (non-hydrogen) atoms. The van der Waals surface area contributed by atoms with E-state index >= 15 is 0 Å². The Balaban J connectivity index is 1.80. The smallest absolute Gasteiger partial charge is 0.0702 e. The molecule has 1 heterocycles. The number of rotatable bonds is 8. The van der Waals surface area contributed by atoms with E-state index in [1.165, 1.54) is 32.2 Å². The molecule has 1 N–H and O–H groups in total. The molecule has 2 atom stereocenters. The summed E-state index contributed by atoms with van der Waals surface area (Å²) in [6.45, 7) is 11.4.